The number of imidazole rings is 1. The van der Waals surface area contributed by atoms with E-state index in [4.69, 9.17) is 0 Å². The van der Waals surface area contributed by atoms with Crippen molar-refractivity contribution in [2.45, 2.75) is 137 Å². The second kappa shape index (κ2) is 16.4. The predicted octanol–water partition coefficient (Wildman–Crippen LogP) is 7.23. The van der Waals surface area contributed by atoms with Gasteiger partial charge in [-0.25, -0.2) is 9.13 Å². The van der Waals surface area contributed by atoms with Crippen molar-refractivity contribution in [1.82, 2.24) is 4.57 Å². The van der Waals surface area contributed by atoms with Crippen LogP contribution in [0.2, 0.25) is 0 Å². The van der Waals surface area contributed by atoms with Gasteiger partial charge in [-0.2, -0.15) is 0 Å². The Kier molecular flexibility index (Phi) is 14.7. The van der Waals surface area contributed by atoms with Crippen molar-refractivity contribution in [1.29, 1.82) is 0 Å². The lowest BCUT2D eigenvalue weighted by molar-refractivity contribution is -0.704. The molecule has 0 saturated heterocycles. The van der Waals surface area contributed by atoms with Gasteiger partial charge in [0.1, 0.15) is 12.4 Å². The Labute approximate surface area is 164 Å². The van der Waals surface area contributed by atoms with Gasteiger partial charge in [0.15, 0.2) is 0 Å². The molecule has 152 valence electrons. The van der Waals surface area contributed by atoms with Crippen molar-refractivity contribution in [3.05, 3.63) is 18.2 Å². The minimum atomic E-state index is 1.20. The number of unbranched alkanes of at least 4 members (excludes halogenated alkanes) is 12. The fourth-order valence-corrected chi connectivity index (χ4v) is 3.82. The first-order valence-electron chi connectivity index (χ1n) is 11.9. The summed E-state index contributed by atoms with van der Waals surface area (Å²) in [5.74, 6) is 1.58. The first kappa shape index (κ1) is 23.2. The van der Waals surface area contributed by atoms with Crippen molar-refractivity contribution < 1.29 is 4.57 Å². The Bertz CT molecular complexity index is 422. The maximum absolute atomic E-state index is 2.56. The molecule has 0 bridgehead atoms. The highest BCUT2D eigenvalue weighted by Gasteiger charge is 2.16. The van der Waals surface area contributed by atoms with Gasteiger partial charge in [-0.05, 0) is 25.7 Å². The zero-order chi connectivity index (χ0) is 18.9. The average Bonchev–Trinajstić information content (AvgIpc) is 3.04. The van der Waals surface area contributed by atoms with E-state index in [0.717, 1.165) is 0 Å². The molecule has 0 aliphatic carbocycles. The maximum Gasteiger partial charge on any atom is 0.256 e. The average molecular weight is 364 g/mol. The molecule has 0 amide bonds. The van der Waals surface area contributed by atoms with Crippen molar-refractivity contribution in [2.24, 2.45) is 0 Å². The van der Waals surface area contributed by atoms with Crippen LogP contribution >= 0.6 is 0 Å². The highest BCUT2D eigenvalue weighted by molar-refractivity contribution is 4.84. The van der Waals surface area contributed by atoms with Gasteiger partial charge in [0, 0.05) is 6.42 Å². The van der Waals surface area contributed by atoms with Crippen molar-refractivity contribution >= 4 is 0 Å². The first-order valence-corrected chi connectivity index (χ1v) is 11.9. The zero-order valence-electron chi connectivity index (χ0n) is 18.3. The van der Waals surface area contributed by atoms with Gasteiger partial charge in [-0.15, -0.1) is 0 Å². The Balaban J connectivity index is 2.31. The van der Waals surface area contributed by atoms with E-state index in [0.29, 0.717) is 0 Å². The lowest BCUT2D eigenvalue weighted by Crippen LogP contribution is -2.37. The summed E-state index contributed by atoms with van der Waals surface area (Å²) in [6, 6.07) is 0. The summed E-state index contributed by atoms with van der Waals surface area (Å²) in [6.45, 7) is 9.31. The molecule has 0 saturated carbocycles. The van der Waals surface area contributed by atoms with Gasteiger partial charge >= 0.3 is 0 Å². The lowest BCUT2D eigenvalue weighted by atomic mass is 10.1. The fraction of sp³-hybridized carbons (Fsp3) is 0.875. The molecular weight excluding hydrogens is 316 g/mol. The molecule has 0 N–H and O–H groups in total. The topological polar surface area (TPSA) is 8.81 Å². The van der Waals surface area contributed by atoms with Gasteiger partial charge in [0.05, 0.1) is 13.1 Å². The predicted molar refractivity (Wildman–Crippen MR) is 115 cm³/mol. The van der Waals surface area contributed by atoms with Gasteiger partial charge in [-0.1, -0.05) is 91.4 Å². The molecule has 0 radical (unpaired) electrons. The van der Waals surface area contributed by atoms with Gasteiger partial charge in [0.25, 0.3) is 5.82 Å². The number of hydrogen-bond donors (Lipinski definition) is 0. The Hall–Kier alpha value is -0.790. The molecular formula is C24H47N2+. The fourth-order valence-electron chi connectivity index (χ4n) is 3.82. The van der Waals surface area contributed by atoms with E-state index in [-0.39, 0.29) is 0 Å². The van der Waals surface area contributed by atoms with Gasteiger partial charge in [-0.3, -0.25) is 0 Å². The molecule has 0 fully saturated rings. The number of aromatic nitrogens is 2. The van der Waals surface area contributed by atoms with Crippen molar-refractivity contribution in [3.8, 4) is 0 Å². The van der Waals surface area contributed by atoms with E-state index in [9.17, 15) is 0 Å². The van der Waals surface area contributed by atoms with Crippen molar-refractivity contribution in [2.75, 3.05) is 0 Å². The Morgan fingerprint density at radius 2 is 1.19 bits per heavy atom. The molecule has 0 aliphatic rings. The summed E-state index contributed by atoms with van der Waals surface area (Å²) in [6.07, 6.45) is 26.7. The molecule has 0 atom stereocenters. The Morgan fingerprint density at radius 1 is 0.654 bits per heavy atom. The quantitative estimate of drug-likeness (QED) is 0.192. The normalized spacial score (nSPS) is 11.3. The number of hydrogen-bond acceptors (Lipinski definition) is 0. The molecule has 26 heavy (non-hydrogen) atoms. The van der Waals surface area contributed by atoms with Crippen LogP contribution in [0.1, 0.15) is 123 Å². The Morgan fingerprint density at radius 3 is 1.81 bits per heavy atom. The molecule has 1 aromatic rings. The van der Waals surface area contributed by atoms with E-state index < -0.39 is 0 Å². The minimum Gasteiger partial charge on any atom is -0.234 e. The molecule has 1 heterocycles. The van der Waals surface area contributed by atoms with Crippen LogP contribution in [0.15, 0.2) is 12.4 Å². The summed E-state index contributed by atoms with van der Waals surface area (Å²) in [7, 11) is 0. The van der Waals surface area contributed by atoms with Crippen LogP contribution in [-0.4, -0.2) is 4.57 Å². The monoisotopic (exact) mass is 363 g/mol. The molecule has 2 nitrogen and oxygen atoms in total. The lowest BCUT2D eigenvalue weighted by Gasteiger charge is -2.06. The van der Waals surface area contributed by atoms with Crippen LogP contribution < -0.4 is 4.57 Å². The summed E-state index contributed by atoms with van der Waals surface area (Å²) in [5.41, 5.74) is 0. The molecule has 0 spiro atoms. The maximum atomic E-state index is 2.56. The summed E-state index contributed by atoms with van der Waals surface area (Å²) in [4.78, 5) is 0. The summed E-state index contributed by atoms with van der Waals surface area (Å²) >= 11 is 0. The number of nitrogens with zero attached hydrogens (tertiary/aromatic N) is 2. The molecule has 0 aromatic carbocycles. The van der Waals surface area contributed by atoms with E-state index >= 15 is 0 Å². The van der Waals surface area contributed by atoms with Gasteiger partial charge in [0.2, 0.25) is 0 Å². The van der Waals surface area contributed by atoms with Crippen LogP contribution in [0, 0.1) is 0 Å². The zero-order valence-corrected chi connectivity index (χ0v) is 18.3. The number of aryl methyl sites for hydroxylation is 2. The minimum absolute atomic E-state index is 1.20. The molecule has 0 aliphatic heterocycles. The van der Waals surface area contributed by atoms with E-state index in [1.807, 2.05) is 0 Å². The highest BCUT2D eigenvalue weighted by atomic mass is 15.1. The second-order valence-corrected chi connectivity index (χ2v) is 8.09. The summed E-state index contributed by atoms with van der Waals surface area (Å²) < 4.78 is 5.09. The van der Waals surface area contributed by atoms with Crippen LogP contribution in [0.3, 0.4) is 0 Å². The van der Waals surface area contributed by atoms with Crippen molar-refractivity contribution in [3.63, 3.8) is 0 Å². The van der Waals surface area contributed by atoms with Crippen LogP contribution in [0.25, 0.3) is 0 Å². The smallest absolute Gasteiger partial charge is 0.234 e. The molecule has 1 aromatic heterocycles. The molecule has 0 unspecified atom stereocenters. The largest absolute Gasteiger partial charge is 0.256 e. The van der Waals surface area contributed by atoms with Crippen LogP contribution in [0.4, 0.5) is 0 Å². The van der Waals surface area contributed by atoms with E-state index in [1.165, 1.54) is 116 Å². The summed E-state index contributed by atoms with van der Waals surface area (Å²) in [5, 5.41) is 0. The second-order valence-electron chi connectivity index (χ2n) is 8.09. The third kappa shape index (κ3) is 10.4. The molecule has 1 rings (SSSR count). The van der Waals surface area contributed by atoms with E-state index in [2.05, 4.69) is 42.3 Å². The third-order valence-electron chi connectivity index (χ3n) is 5.60. The third-order valence-corrected chi connectivity index (χ3v) is 5.60. The van der Waals surface area contributed by atoms with E-state index in [1.54, 1.807) is 5.82 Å². The van der Waals surface area contributed by atoms with Gasteiger partial charge < -0.3 is 0 Å². The van der Waals surface area contributed by atoms with Crippen LogP contribution in [0.5, 0.6) is 0 Å². The first-order chi connectivity index (χ1) is 12.8. The standard InChI is InChI=1S/C24H47N2/c1-4-7-10-12-13-14-15-16-18-21-26-23-22-25(20-9-6-3)24(26)19-17-11-8-5-2/h22-23H,4-21H2,1-3H3/q+1. The number of rotatable bonds is 18. The van der Waals surface area contributed by atoms with Crippen LogP contribution in [-0.2, 0) is 19.5 Å². The highest BCUT2D eigenvalue weighted by Crippen LogP contribution is 2.12. The molecule has 2 heteroatoms. The SMILES string of the molecule is CCCCCCCCCCCn1cc[n+](CCCC)c1CCCCCC.